The van der Waals surface area contributed by atoms with Gasteiger partial charge < -0.3 is 33.8 Å². The van der Waals surface area contributed by atoms with Gasteiger partial charge in [0.25, 0.3) is 0 Å². The second-order valence-corrected chi connectivity index (χ2v) is 28.7. The van der Waals surface area contributed by atoms with E-state index < -0.39 is 97.5 Å². The van der Waals surface area contributed by atoms with Gasteiger partial charge in [0.2, 0.25) is 0 Å². The number of phosphoric acid groups is 2. The predicted molar refractivity (Wildman–Crippen MR) is 358 cm³/mol. The minimum Gasteiger partial charge on any atom is -0.462 e. The summed E-state index contributed by atoms with van der Waals surface area (Å²) >= 11 is 0. The summed E-state index contributed by atoms with van der Waals surface area (Å²) < 4.78 is 68.2. The maximum absolute atomic E-state index is 13.0. The first-order valence-electron chi connectivity index (χ1n) is 36.6. The third-order valence-corrected chi connectivity index (χ3v) is 18.2. The number of aliphatic hydroxyl groups is 1. The largest absolute Gasteiger partial charge is 0.472 e. The molecule has 5 atom stereocenters. The van der Waals surface area contributed by atoms with Crippen LogP contribution in [0.25, 0.3) is 0 Å². The van der Waals surface area contributed by atoms with Gasteiger partial charge in [-0.05, 0) is 31.6 Å². The lowest BCUT2D eigenvalue weighted by atomic mass is 10.0. The first-order chi connectivity index (χ1) is 43.0. The minimum absolute atomic E-state index is 0.107. The summed E-state index contributed by atoms with van der Waals surface area (Å²) in [5.41, 5.74) is 0. The molecule has 0 amide bonds. The molecule has 0 aliphatic carbocycles. The van der Waals surface area contributed by atoms with Crippen LogP contribution in [0.3, 0.4) is 0 Å². The van der Waals surface area contributed by atoms with Gasteiger partial charge in [-0.1, -0.05) is 311 Å². The second kappa shape index (κ2) is 63.5. The summed E-state index contributed by atoms with van der Waals surface area (Å²) in [5.74, 6) is -1.38. The van der Waals surface area contributed by atoms with E-state index in [9.17, 15) is 43.2 Å². The Labute approximate surface area is 543 Å². The number of aliphatic hydroxyl groups excluding tert-OH is 1. The first kappa shape index (κ1) is 87.1. The van der Waals surface area contributed by atoms with Crippen LogP contribution in [0.1, 0.15) is 362 Å². The van der Waals surface area contributed by atoms with Crippen LogP contribution in [-0.4, -0.2) is 96.7 Å². The molecular weight excluding hydrogens is 1170 g/mol. The Kier molecular flexibility index (Phi) is 62.1. The number of esters is 4. The van der Waals surface area contributed by atoms with Gasteiger partial charge in [-0.15, -0.1) is 0 Å². The second-order valence-electron chi connectivity index (χ2n) is 25.7. The molecule has 0 saturated heterocycles. The van der Waals surface area contributed by atoms with Crippen LogP contribution in [0.5, 0.6) is 0 Å². The molecule has 2 unspecified atom stereocenters. The summed E-state index contributed by atoms with van der Waals surface area (Å²) in [6.45, 7) is 7.20. The van der Waals surface area contributed by atoms with Crippen molar-refractivity contribution in [1.82, 2.24) is 0 Å². The molecule has 0 aromatic heterocycles. The van der Waals surface area contributed by atoms with E-state index in [2.05, 4.69) is 34.6 Å². The highest BCUT2D eigenvalue weighted by Crippen LogP contribution is 2.45. The van der Waals surface area contributed by atoms with Crippen molar-refractivity contribution >= 4 is 39.5 Å². The zero-order chi connectivity index (χ0) is 65.6. The van der Waals surface area contributed by atoms with E-state index in [1.165, 1.54) is 180 Å². The van der Waals surface area contributed by atoms with E-state index >= 15 is 0 Å². The van der Waals surface area contributed by atoms with E-state index in [0.717, 1.165) is 102 Å². The zero-order valence-electron chi connectivity index (χ0n) is 57.6. The van der Waals surface area contributed by atoms with Gasteiger partial charge in [0.1, 0.15) is 19.3 Å². The number of ether oxygens (including phenoxy) is 4. The van der Waals surface area contributed by atoms with Crippen LogP contribution in [0.4, 0.5) is 0 Å². The number of carbonyl (C=O) groups excluding carboxylic acids is 4. The van der Waals surface area contributed by atoms with Crippen LogP contribution >= 0.6 is 15.6 Å². The van der Waals surface area contributed by atoms with E-state index in [0.29, 0.717) is 25.7 Å². The molecule has 3 N–H and O–H groups in total. The number of phosphoric ester groups is 2. The van der Waals surface area contributed by atoms with Crippen molar-refractivity contribution in [2.45, 2.75) is 380 Å². The lowest BCUT2D eigenvalue weighted by molar-refractivity contribution is -0.161. The molecule has 17 nitrogen and oxygen atoms in total. The highest BCUT2D eigenvalue weighted by molar-refractivity contribution is 7.47. The van der Waals surface area contributed by atoms with E-state index in [1.54, 1.807) is 0 Å². The van der Waals surface area contributed by atoms with Crippen molar-refractivity contribution in [3.05, 3.63) is 0 Å². The van der Waals surface area contributed by atoms with Crippen LogP contribution < -0.4 is 0 Å². The molecule has 0 aliphatic rings. The van der Waals surface area contributed by atoms with Crippen molar-refractivity contribution in [1.29, 1.82) is 0 Å². The maximum atomic E-state index is 13.0. The Morgan fingerprint density at radius 1 is 0.303 bits per heavy atom. The fourth-order valence-corrected chi connectivity index (χ4v) is 12.2. The Bertz CT molecular complexity index is 1720. The van der Waals surface area contributed by atoms with Crippen molar-refractivity contribution in [2.75, 3.05) is 39.6 Å². The third-order valence-electron chi connectivity index (χ3n) is 16.3. The molecule has 0 saturated carbocycles. The standard InChI is InChI=1S/C70H136O17P2/c1-6-9-12-15-18-21-23-24-25-26-27-28-29-31-35-41-46-51-56-70(75)87-66(60-81-68(73)54-49-44-39-36-32-33-37-42-47-52-63(4)5)62-85-89(78,79)83-58-64(71)57-82-88(76,77)84-61-65(59-80-67(72)53-48-43-38-20-17-14-11-8-3)86-69(74)55-50-45-40-34-30-22-19-16-13-10-7-2/h63-66,71H,6-62H2,1-5H3,(H,76,77)(H,78,79)/t64-,65+,66+/m0/s1. The molecule has 0 heterocycles. The molecule has 0 aliphatic heterocycles. The lowest BCUT2D eigenvalue weighted by Crippen LogP contribution is -2.30. The average molecular weight is 1310 g/mol. The van der Waals surface area contributed by atoms with Gasteiger partial charge >= 0.3 is 39.5 Å². The molecule has 0 bridgehead atoms. The Balaban J connectivity index is 5.20. The summed E-state index contributed by atoms with van der Waals surface area (Å²) in [5, 5.41) is 10.6. The highest BCUT2D eigenvalue weighted by Gasteiger charge is 2.30. The lowest BCUT2D eigenvalue weighted by Gasteiger charge is -2.21. The van der Waals surface area contributed by atoms with Gasteiger partial charge in [0.05, 0.1) is 26.4 Å². The maximum Gasteiger partial charge on any atom is 0.472 e. The zero-order valence-corrected chi connectivity index (χ0v) is 59.4. The van der Waals surface area contributed by atoms with Crippen molar-refractivity contribution in [3.8, 4) is 0 Å². The predicted octanol–water partition coefficient (Wildman–Crippen LogP) is 20.1. The number of hydrogen-bond acceptors (Lipinski definition) is 15. The Hall–Kier alpha value is -1.94. The normalized spacial score (nSPS) is 14.1. The molecule has 0 rings (SSSR count). The SMILES string of the molecule is CCCCCCCCCCCCCCCCCCCCC(=O)O[C@H](COC(=O)CCCCCCCCCCCC(C)C)COP(=O)(O)OC[C@@H](O)COP(=O)(O)OC[C@@H](COC(=O)CCCCCCCCCC)OC(=O)CCCCCCCCCCCCC. The fourth-order valence-electron chi connectivity index (χ4n) is 10.6. The summed E-state index contributed by atoms with van der Waals surface area (Å²) in [7, 11) is -9.89. The summed E-state index contributed by atoms with van der Waals surface area (Å²) in [6, 6.07) is 0. The molecule has 19 heteroatoms. The van der Waals surface area contributed by atoms with Crippen molar-refractivity contribution in [2.24, 2.45) is 5.92 Å². The van der Waals surface area contributed by atoms with Crippen LogP contribution in [0.15, 0.2) is 0 Å². The fraction of sp³-hybridized carbons (Fsp3) is 0.943. The average Bonchev–Trinajstić information content (AvgIpc) is 3.69. The molecule has 0 aromatic rings. The van der Waals surface area contributed by atoms with Gasteiger partial charge in [-0.3, -0.25) is 37.3 Å². The molecule has 0 radical (unpaired) electrons. The molecule has 528 valence electrons. The van der Waals surface area contributed by atoms with Gasteiger partial charge in [0, 0.05) is 25.7 Å². The van der Waals surface area contributed by atoms with Crippen molar-refractivity contribution in [3.63, 3.8) is 0 Å². The van der Waals surface area contributed by atoms with Gasteiger partial charge in [-0.2, -0.15) is 0 Å². The van der Waals surface area contributed by atoms with Crippen LogP contribution in [0.2, 0.25) is 0 Å². The van der Waals surface area contributed by atoms with Gasteiger partial charge in [0.15, 0.2) is 12.2 Å². The number of carbonyl (C=O) groups is 4. The molecule has 0 aromatic carbocycles. The summed E-state index contributed by atoms with van der Waals surface area (Å²) in [6.07, 6.45) is 50.0. The van der Waals surface area contributed by atoms with E-state index in [1.807, 2.05) is 0 Å². The number of hydrogen-bond donors (Lipinski definition) is 3. The quantitative estimate of drug-likeness (QED) is 0.0222. The van der Waals surface area contributed by atoms with E-state index in [4.69, 9.17) is 37.0 Å². The van der Waals surface area contributed by atoms with Crippen LogP contribution in [0, 0.1) is 5.92 Å². The Morgan fingerprint density at radius 3 is 0.764 bits per heavy atom. The van der Waals surface area contributed by atoms with E-state index in [-0.39, 0.29) is 25.7 Å². The monoisotopic (exact) mass is 1310 g/mol. The highest BCUT2D eigenvalue weighted by atomic mass is 31.2. The third kappa shape index (κ3) is 64.6. The first-order valence-corrected chi connectivity index (χ1v) is 39.6. The van der Waals surface area contributed by atoms with Gasteiger partial charge in [-0.25, -0.2) is 9.13 Å². The Morgan fingerprint density at radius 2 is 0.517 bits per heavy atom. The minimum atomic E-state index is -4.95. The number of unbranched alkanes of at least 4 members (excludes halogenated alkanes) is 42. The number of rotatable bonds is 70. The molecular formula is C70H136O17P2. The molecule has 0 spiro atoms. The van der Waals surface area contributed by atoms with Crippen molar-refractivity contribution < 1.29 is 80.2 Å². The van der Waals surface area contributed by atoms with Crippen LogP contribution in [-0.2, 0) is 65.4 Å². The topological polar surface area (TPSA) is 237 Å². The molecule has 89 heavy (non-hydrogen) atoms. The smallest absolute Gasteiger partial charge is 0.462 e. The summed E-state index contributed by atoms with van der Waals surface area (Å²) in [4.78, 5) is 72.4. The molecule has 0 fully saturated rings.